The van der Waals surface area contributed by atoms with E-state index < -0.39 is 0 Å². The van der Waals surface area contributed by atoms with E-state index in [1.165, 1.54) is 0 Å². The Balaban J connectivity index is 2.27. The maximum absolute atomic E-state index is 13.2. The van der Waals surface area contributed by atoms with Crippen molar-refractivity contribution in [1.29, 1.82) is 0 Å². The lowest BCUT2D eigenvalue weighted by Crippen LogP contribution is -2.43. The minimum atomic E-state index is -0.327. The first-order valence-corrected chi connectivity index (χ1v) is 8.33. The van der Waals surface area contributed by atoms with Gasteiger partial charge in [-0.3, -0.25) is 4.79 Å². The third-order valence-corrected chi connectivity index (χ3v) is 4.79. The molecular weight excluding hydrogens is 314 g/mol. The molecule has 1 amide bonds. The van der Waals surface area contributed by atoms with Gasteiger partial charge in [0, 0.05) is 16.3 Å². The van der Waals surface area contributed by atoms with Gasteiger partial charge in [0.1, 0.15) is 0 Å². The summed E-state index contributed by atoms with van der Waals surface area (Å²) in [5, 5.41) is 4.01. The lowest BCUT2D eigenvalue weighted by Gasteiger charge is -2.32. The molecule has 0 aromatic heterocycles. The molecule has 0 atom stereocenters. The number of carbonyl (C=O) groups is 1. The molecule has 0 aliphatic carbocycles. The summed E-state index contributed by atoms with van der Waals surface area (Å²) in [5.74, 6) is 1.25. The molecule has 0 unspecified atom stereocenters. The largest absolute Gasteiger partial charge is 0.493 e. The van der Waals surface area contributed by atoms with Crippen molar-refractivity contribution in [1.82, 2.24) is 0 Å². The summed E-state index contributed by atoms with van der Waals surface area (Å²) >= 11 is 0. The number of rotatable bonds is 2. The Hall–Kier alpha value is -2.75. The average Bonchev–Trinajstić information content (AvgIpc) is 2.86. The molecule has 3 aromatic rings. The number of fused-ring (bicyclic) bond motifs is 2. The number of nitrogens with zero attached hydrogens (tertiary/aromatic N) is 1. The van der Waals surface area contributed by atoms with Crippen LogP contribution >= 0.6 is 0 Å². The molecule has 3 aromatic carbocycles. The number of benzene rings is 3. The van der Waals surface area contributed by atoms with Crippen molar-refractivity contribution in [3.8, 4) is 11.5 Å². The Morgan fingerprint density at radius 3 is 2.32 bits per heavy atom. The van der Waals surface area contributed by atoms with Gasteiger partial charge in [0.25, 0.3) is 5.91 Å². The molecule has 0 saturated carbocycles. The van der Waals surface area contributed by atoms with Gasteiger partial charge in [-0.05, 0) is 43.7 Å². The SMILES string of the molecule is COc1cc2c3c(cc4ccccc4c3c1OC)N(C(C)(C)C)C2=O. The van der Waals surface area contributed by atoms with Gasteiger partial charge in [-0.25, -0.2) is 0 Å². The summed E-state index contributed by atoms with van der Waals surface area (Å²) in [6.07, 6.45) is 0. The quantitative estimate of drug-likeness (QED) is 0.633. The second-order valence-electron chi connectivity index (χ2n) is 7.34. The zero-order valence-corrected chi connectivity index (χ0v) is 15.1. The van der Waals surface area contributed by atoms with E-state index >= 15 is 0 Å². The first-order chi connectivity index (χ1) is 11.9. The third-order valence-electron chi connectivity index (χ3n) is 4.79. The Morgan fingerprint density at radius 2 is 1.68 bits per heavy atom. The topological polar surface area (TPSA) is 38.8 Å². The summed E-state index contributed by atoms with van der Waals surface area (Å²) in [7, 11) is 3.24. The molecule has 0 radical (unpaired) electrons. The van der Waals surface area contributed by atoms with Gasteiger partial charge in [-0.15, -0.1) is 0 Å². The average molecular weight is 335 g/mol. The van der Waals surface area contributed by atoms with E-state index in [4.69, 9.17) is 9.47 Å². The van der Waals surface area contributed by atoms with Crippen LogP contribution in [0.2, 0.25) is 0 Å². The first-order valence-electron chi connectivity index (χ1n) is 8.33. The van der Waals surface area contributed by atoms with Gasteiger partial charge in [-0.1, -0.05) is 24.3 Å². The first kappa shape index (κ1) is 15.8. The highest BCUT2D eigenvalue weighted by Crippen LogP contribution is 2.50. The molecule has 0 bridgehead atoms. The van der Waals surface area contributed by atoms with Crippen molar-refractivity contribution in [2.45, 2.75) is 26.3 Å². The fraction of sp³-hybridized carbons (Fsp3) is 0.286. The highest BCUT2D eigenvalue weighted by molar-refractivity contribution is 6.31. The zero-order valence-electron chi connectivity index (χ0n) is 15.1. The summed E-state index contributed by atoms with van der Waals surface area (Å²) in [5.41, 5.74) is 1.27. The number of carbonyl (C=O) groups excluding carboxylic acids is 1. The molecule has 0 saturated heterocycles. The van der Waals surface area contributed by atoms with Gasteiger partial charge in [0.2, 0.25) is 0 Å². The molecule has 128 valence electrons. The fourth-order valence-electron chi connectivity index (χ4n) is 3.83. The van der Waals surface area contributed by atoms with E-state index in [-0.39, 0.29) is 11.4 Å². The molecule has 1 aliphatic rings. The van der Waals surface area contributed by atoms with E-state index in [1.807, 2.05) is 37.8 Å². The molecule has 4 nitrogen and oxygen atoms in total. The van der Waals surface area contributed by atoms with Gasteiger partial charge in [0.15, 0.2) is 11.5 Å². The normalized spacial score (nSPS) is 13.8. The van der Waals surface area contributed by atoms with Crippen molar-refractivity contribution >= 4 is 33.1 Å². The molecule has 1 heterocycles. The van der Waals surface area contributed by atoms with Crippen molar-refractivity contribution in [2.24, 2.45) is 0 Å². The molecule has 25 heavy (non-hydrogen) atoms. The highest BCUT2D eigenvalue weighted by atomic mass is 16.5. The summed E-state index contributed by atoms with van der Waals surface area (Å²) in [6.45, 7) is 6.14. The van der Waals surface area contributed by atoms with E-state index in [2.05, 4.69) is 18.2 Å². The molecular formula is C21H21NO3. The van der Waals surface area contributed by atoms with Crippen LogP contribution in [0.4, 0.5) is 5.69 Å². The van der Waals surface area contributed by atoms with Gasteiger partial charge >= 0.3 is 0 Å². The molecule has 0 N–H and O–H groups in total. The number of amides is 1. The second-order valence-corrected chi connectivity index (χ2v) is 7.34. The lowest BCUT2D eigenvalue weighted by atomic mass is 9.97. The standard InChI is InChI=1S/C21H21NO3/c1-21(2,3)22-15-10-12-8-6-7-9-13(12)18-17(15)14(20(22)23)11-16(24-4)19(18)25-5/h6-11H,1-5H3. The number of ether oxygens (including phenoxy) is 2. The Morgan fingerprint density at radius 1 is 0.960 bits per heavy atom. The van der Waals surface area contributed by atoms with Crippen LogP contribution in [0.3, 0.4) is 0 Å². The monoisotopic (exact) mass is 335 g/mol. The minimum absolute atomic E-state index is 0.00348. The maximum Gasteiger partial charge on any atom is 0.259 e. The van der Waals surface area contributed by atoms with Crippen LogP contribution in [0.1, 0.15) is 31.1 Å². The Kier molecular flexibility index (Phi) is 3.23. The van der Waals surface area contributed by atoms with E-state index in [0.29, 0.717) is 17.1 Å². The Bertz CT molecular complexity index is 1030. The number of hydrogen-bond donors (Lipinski definition) is 0. The number of anilines is 1. The van der Waals surface area contributed by atoms with Gasteiger partial charge < -0.3 is 14.4 Å². The predicted octanol–water partition coefficient (Wildman–Crippen LogP) is 4.77. The lowest BCUT2D eigenvalue weighted by molar-refractivity contribution is 0.0972. The zero-order chi connectivity index (χ0) is 17.9. The molecule has 4 heteroatoms. The smallest absolute Gasteiger partial charge is 0.259 e. The van der Waals surface area contributed by atoms with Crippen molar-refractivity contribution in [3.63, 3.8) is 0 Å². The molecule has 1 aliphatic heterocycles. The van der Waals surface area contributed by atoms with Crippen LogP contribution in [0.25, 0.3) is 21.5 Å². The third kappa shape index (κ3) is 2.03. The minimum Gasteiger partial charge on any atom is -0.493 e. The summed E-state index contributed by atoms with van der Waals surface area (Å²) in [4.78, 5) is 15.1. The molecule has 0 spiro atoms. The van der Waals surface area contributed by atoms with Crippen LogP contribution in [0.5, 0.6) is 11.5 Å². The second kappa shape index (κ2) is 5.12. The van der Waals surface area contributed by atoms with Gasteiger partial charge in [-0.2, -0.15) is 0 Å². The van der Waals surface area contributed by atoms with E-state index in [1.54, 1.807) is 20.3 Å². The van der Waals surface area contributed by atoms with E-state index in [0.717, 1.165) is 27.2 Å². The van der Waals surface area contributed by atoms with Crippen LogP contribution < -0.4 is 14.4 Å². The maximum atomic E-state index is 13.2. The predicted molar refractivity (Wildman–Crippen MR) is 101 cm³/mol. The number of methoxy groups -OCH3 is 2. The summed E-state index contributed by atoms with van der Waals surface area (Å²) in [6, 6.07) is 12.0. The van der Waals surface area contributed by atoms with Crippen LogP contribution in [-0.2, 0) is 0 Å². The van der Waals surface area contributed by atoms with E-state index in [9.17, 15) is 4.79 Å². The fourth-order valence-corrected chi connectivity index (χ4v) is 3.83. The summed E-state index contributed by atoms with van der Waals surface area (Å²) < 4.78 is 11.2. The Labute approximate surface area is 146 Å². The number of hydrogen-bond acceptors (Lipinski definition) is 3. The molecule has 0 fully saturated rings. The highest BCUT2D eigenvalue weighted by Gasteiger charge is 2.39. The van der Waals surface area contributed by atoms with Crippen LogP contribution in [-0.4, -0.2) is 25.7 Å². The molecule has 4 rings (SSSR count). The van der Waals surface area contributed by atoms with Gasteiger partial charge in [0.05, 0.1) is 25.5 Å². The van der Waals surface area contributed by atoms with Crippen molar-refractivity contribution in [3.05, 3.63) is 42.0 Å². The van der Waals surface area contributed by atoms with Crippen molar-refractivity contribution in [2.75, 3.05) is 19.1 Å². The van der Waals surface area contributed by atoms with Crippen molar-refractivity contribution < 1.29 is 14.3 Å². The van der Waals surface area contributed by atoms with Crippen LogP contribution in [0, 0.1) is 0 Å². The van der Waals surface area contributed by atoms with Crippen LogP contribution in [0.15, 0.2) is 36.4 Å².